The van der Waals surface area contributed by atoms with Crippen molar-refractivity contribution in [1.82, 2.24) is 34.4 Å². The van der Waals surface area contributed by atoms with Gasteiger partial charge in [-0.1, -0.05) is 23.7 Å². The number of alkyl halides is 3. The molecule has 38 heavy (non-hydrogen) atoms. The molecule has 2 aromatic heterocycles. The van der Waals surface area contributed by atoms with Gasteiger partial charge in [-0.05, 0) is 36.4 Å². The maximum atomic E-state index is 13.1. The first-order chi connectivity index (χ1) is 18.0. The van der Waals surface area contributed by atoms with E-state index in [9.17, 15) is 27.9 Å². The molecule has 0 saturated heterocycles. The number of benzene rings is 2. The van der Waals surface area contributed by atoms with E-state index in [1.165, 1.54) is 43.1 Å². The van der Waals surface area contributed by atoms with E-state index in [1.54, 1.807) is 24.3 Å². The van der Waals surface area contributed by atoms with Crippen molar-refractivity contribution in [3.63, 3.8) is 0 Å². The highest BCUT2D eigenvalue weighted by Crippen LogP contribution is 2.25. The number of carbonyl (C=O) groups excluding carboxylic acids is 1. The van der Waals surface area contributed by atoms with Crippen LogP contribution in [0.3, 0.4) is 0 Å². The molecular formula is C23H21ClF3N7O4. The summed E-state index contributed by atoms with van der Waals surface area (Å²) in [5.74, 6) is -0.472. The van der Waals surface area contributed by atoms with Crippen LogP contribution in [0.15, 0.2) is 53.3 Å². The molecule has 0 aliphatic heterocycles. The van der Waals surface area contributed by atoms with Crippen molar-refractivity contribution in [3.8, 4) is 22.8 Å². The van der Waals surface area contributed by atoms with Gasteiger partial charge >= 0.3 is 11.9 Å². The van der Waals surface area contributed by atoms with Crippen LogP contribution >= 0.6 is 11.6 Å². The summed E-state index contributed by atoms with van der Waals surface area (Å²) in [6, 6.07) is 12.6. The van der Waals surface area contributed by atoms with Crippen LogP contribution in [0.4, 0.5) is 13.2 Å². The van der Waals surface area contributed by atoms with Crippen molar-refractivity contribution in [3.05, 3.63) is 75.7 Å². The summed E-state index contributed by atoms with van der Waals surface area (Å²) < 4.78 is 47.4. The maximum absolute atomic E-state index is 13.1. The third-order valence-corrected chi connectivity index (χ3v) is 5.70. The summed E-state index contributed by atoms with van der Waals surface area (Å²) in [4.78, 5) is 29.9. The Morgan fingerprint density at radius 2 is 1.84 bits per heavy atom. The average Bonchev–Trinajstić information content (AvgIpc) is 3.45. The number of hydrogen-bond acceptors (Lipinski definition) is 7. The summed E-state index contributed by atoms with van der Waals surface area (Å²) in [5, 5.41) is 21.0. The summed E-state index contributed by atoms with van der Waals surface area (Å²) in [6.07, 6.45) is -7.78. The van der Waals surface area contributed by atoms with E-state index in [0.29, 0.717) is 21.0 Å². The lowest BCUT2D eigenvalue weighted by atomic mass is 10.2. The molecule has 0 aliphatic carbocycles. The third kappa shape index (κ3) is 5.40. The molecule has 4 aromatic rings. The van der Waals surface area contributed by atoms with Crippen LogP contribution < -0.4 is 15.7 Å². The van der Waals surface area contributed by atoms with E-state index in [1.807, 2.05) is 0 Å². The highest BCUT2D eigenvalue weighted by Gasteiger charge is 2.39. The Morgan fingerprint density at radius 1 is 1.16 bits per heavy atom. The van der Waals surface area contributed by atoms with E-state index in [4.69, 9.17) is 16.3 Å². The number of aliphatic hydroxyl groups is 1. The van der Waals surface area contributed by atoms with Gasteiger partial charge in [0.1, 0.15) is 18.0 Å². The number of nitrogens with zero attached hydrogens (tertiary/aromatic N) is 6. The van der Waals surface area contributed by atoms with Gasteiger partial charge in [0.2, 0.25) is 5.82 Å². The van der Waals surface area contributed by atoms with Crippen LogP contribution in [0.25, 0.3) is 17.1 Å². The van der Waals surface area contributed by atoms with Crippen LogP contribution in [0.5, 0.6) is 5.75 Å². The third-order valence-electron chi connectivity index (χ3n) is 5.44. The van der Waals surface area contributed by atoms with E-state index in [2.05, 4.69) is 20.5 Å². The molecule has 0 unspecified atom stereocenters. The minimum atomic E-state index is -4.96. The number of carbonyl (C=O) groups is 1. The van der Waals surface area contributed by atoms with Gasteiger partial charge in [-0.3, -0.25) is 9.36 Å². The quantitative estimate of drug-likeness (QED) is 0.344. The number of halogens is 4. The number of nitrogens with one attached hydrogen (secondary N) is 1. The normalized spacial score (nSPS) is 12.4. The molecule has 4 rings (SSSR count). The lowest BCUT2D eigenvalue weighted by Crippen LogP contribution is -2.37. The summed E-state index contributed by atoms with van der Waals surface area (Å²) in [7, 11) is 2.84. The van der Waals surface area contributed by atoms with E-state index >= 15 is 0 Å². The second-order valence-corrected chi connectivity index (χ2v) is 8.39. The molecule has 0 saturated carbocycles. The molecule has 15 heteroatoms. The highest BCUT2D eigenvalue weighted by molar-refractivity contribution is 6.30. The van der Waals surface area contributed by atoms with Crippen LogP contribution in [0.2, 0.25) is 5.02 Å². The van der Waals surface area contributed by atoms with Gasteiger partial charge < -0.3 is 15.2 Å². The number of aromatic nitrogens is 6. The Hall–Kier alpha value is -4.17. The Morgan fingerprint density at radius 3 is 2.47 bits per heavy atom. The lowest BCUT2D eigenvalue weighted by molar-refractivity contribution is -0.207. The van der Waals surface area contributed by atoms with Gasteiger partial charge in [-0.2, -0.15) is 13.2 Å². The molecule has 0 aliphatic rings. The average molecular weight is 552 g/mol. The SMILES string of the molecule is CNC(=O)c1nc(Cn2nc(-c3ccc(Cl)cc3)n(C[C@H](O)C(F)(F)F)c2=O)nn1-c1ccccc1OC. The molecule has 0 bridgehead atoms. The molecule has 1 atom stereocenters. The number of para-hydroxylation sites is 2. The zero-order valence-corrected chi connectivity index (χ0v) is 20.7. The second kappa shape index (κ2) is 10.7. The fourth-order valence-corrected chi connectivity index (χ4v) is 3.71. The standard InChI is InChI=1S/C23H21ClF3N7O4/c1-28-21(36)20-29-18(30-34(20)15-5-3-4-6-16(15)38-2)12-33-22(37)32(11-17(35)23(25,26)27)19(31-33)13-7-9-14(24)10-8-13/h3-10,17,35H,11-12H2,1-2H3,(H,28,36)/t17-/m0/s1. The minimum Gasteiger partial charge on any atom is -0.494 e. The summed E-state index contributed by atoms with van der Waals surface area (Å²) in [6.45, 7) is -1.48. The molecule has 2 heterocycles. The predicted octanol–water partition coefficient (Wildman–Crippen LogP) is 2.29. The number of ether oxygens (including phenoxy) is 1. The van der Waals surface area contributed by atoms with Crippen LogP contribution in [-0.4, -0.2) is 66.6 Å². The maximum Gasteiger partial charge on any atom is 0.416 e. The fraction of sp³-hybridized carbons (Fsp3) is 0.261. The molecular weight excluding hydrogens is 531 g/mol. The van der Waals surface area contributed by atoms with Gasteiger partial charge in [-0.25, -0.2) is 19.1 Å². The summed E-state index contributed by atoms with van der Waals surface area (Å²) in [5.41, 5.74) is -0.271. The molecule has 11 nitrogen and oxygen atoms in total. The van der Waals surface area contributed by atoms with Gasteiger partial charge in [0, 0.05) is 17.6 Å². The van der Waals surface area contributed by atoms with E-state index < -0.39 is 30.4 Å². The summed E-state index contributed by atoms with van der Waals surface area (Å²) >= 11 is 5.91. The second-order valence-electron chi connectivity index (χ2n) is 7.95. The monoisotopic (exact) mass is 551 g/mol. The molecule has 2 aromatic carbocycles. The Bertz CT molecular complexity index is 1510. The lowest BCUT2D eigenvalue weighted by Gasteiger charge is -2.15. The van der Waals surface area contributed by atoms with Crippen LogP contribution in [-0.2, 0) is 13.1 Å². The van der Waals surface area contributed by atoms with Gasteiger partial charge in [-0.15, -0.1) is 10.2 Å². The fourth-order valence-electron chi connectivity index (χ4n) is 3.58. The number of hydrogen-bond donors (Lipinski definition) is 2. The zero-order chi connectivity index (χ0) is 27.6. The first-order valence-corrected chi connectivity index (χ1v) is 11.4. The Balaban J connectivity index is 1.80. The topological polar surface area (TPSA) is 129 Å². The smallest absolute Gasteiger partial charge is 0.416 e. The predicted molar refractivity (Wildman–Crippen MR) is 129 cm³/mol. The van der Waals surface area contributed by atoms with Crippen molar-refractivity contribution < 1.29 is 27.8 Å². The molecule has 2 N–H and O–H groups in total. The number of rotatable bonds is 8. The Kier molecular flexibility index (Phi) is 7.55. The minimum absolute atomic E-state index is 0.0275. The number of aliphatic hydroxyl groups excluding tert-OH is 1. The van der Waals surface area contributed by atoms with Crippen LogP contribution in [0.1, 0.15) is 16.4 Å². The van der Waals surface area contributed by atoms with Crippen molar-refractivity contribution in [1.29, 1.82) is 0 Å². The molecule has 0 spiro atoms. The van der Waals surface area contributed by atoms with Gasteiger partial charge in [0.25, 0.3) is 5.91 Å². The van der Waals surface area contributed by atoms with Crippen molar-refractivity contribution in [2.75, 3.05) is 14.2 Å². The first-order valence-electron chi connectivity index (χ1n) is 11.0. The number of methoxy groups -OCH3 is 1. The largest absolute Gasteiger partial charge is 0.494 e. The molecule has 0 fully saturated rings. The van der Waals surface area contributed by atoms with Gasteiger partial charge in [0.15, 0.2) is 17.8 Å². The van der Waals surface area contributed by atoms with Crippen molar-refractivity contribution in [2.45, 2.75) is 25.4 Å². The number of amides is 1. The molecule has 1 amide bonds. The zero-order valence-electron chi connectivity index (χ0n) is 20.0. The van der Waals surface area contributed by atoms with Crippen LogP contribution in [0, 0.1) is 0 Å². The van der Waals surface area contributed by atoms with Gasteiger partial charge in [0.05, 0.1) is 13.7 Å². The molecule has 0 radical (unpaired) electrons. The highest BCUT2D eigenvalue weighted by atomic mass is 35.5. The first kappa shape index (κ1) is 26.9. The van der Waals surface area contributed by atoms with E-state index in [-0.39, 0.29) is 29.6 Å². The Labute approximate surface area is 218 Å². The van der Waals surface area contributed by atoms with Crippen molar-refractivity contribution >= 4 is 17.5 Å². The molecule has 200 valence electrons. The van der Waals surface area contributed by atoms with Crippen molar-refractivity contribution in [2.24, 2.45) is 0 Å². The van der Waals surface area contributed by atoms with E-state index in [0.717, 1.165) is 4.68 Å².